The van der Waals surface area contributed by atoms with Gasteiger partial charge in [-0.25, -0.2) is 0 Å². The number of benzene rings is 1. The Kier molecular flexibility index (Phi) is 4.79. The number of hydrogen-bond donors (Lipinski definition) is 0. The van der Waals surface area contributed by atoms with Gasteiger partial charge in [-0.3, -0.25) is 0 Å². The molecule has 0 aromatic heterocycles. The highest BCUT2D eigenvalue weighted by atomic mass is 79.9. The van der Waals surface area contributed by atoms with E-state index in [1.54, 1.807) is 14.2 Å². The van der Waals surface area contributed by atoms with Crippen LogP contribution in [-0.2, 0) is 0 Å². The molecule has 1 aromatic rings. The first-order chi connectivity index (χ1) is 8.67. The van der Waals surface area contributed by atoms with Crippen molar-refractivity contribution in [2.75, 3.05) is 14.2 Å². The van der Waals surface area contributed by atoms with E-state index in [-0.39, 0.29) is 5.38 Å². The molecule has 0 amide bonds. The molecule has 0 heterocycles. The first-order valence-corrected chi connectivity index (χ1v) is 7.44. The first kappa shape index (κ1) is 14.0. The van der Waals surface area contributed by atoms with Crippen LogP contribution in [0.25, 0.3) is 0 Å². The highest BCUT2D eigenvalue weighted by Gasteiger charge is 2.25. The Morgan fingerprint density at radius 2 is 2.06 bits per heavy atom. The van der Waals surface area contributed by atoms with Crippen molar-refractivity contribution in [1.82, 2.24) is 0 Å². The molecular formula is C14H18BrClO2. The molecule has 0 spiro atoms. The molecule has 1 aliphatic carbocycles. The third kappa shape index (κ3) is 2.77. The molecule has 2 rings (SSSR count). The molecule has 1 aliphatic rings. The average Bonchev–Trinajstić information content (AvgIpc) is 2.33. The molecule has 2 nitrogen and oxygen atoms in total. The molecular weight excluding hydrogens is 316 g/mol. The van der Waals surface area contributed by atoms with Gasteiger partial charge in [-0.15, -0.1) is 11.6 Å². The van der Waals surface area contributed by atoms with Crippen LogP contribution in [0.4, 0.5) is 0 Å². The van der Waals surface area contributed by atoms with Gasteiger partial charge in [0.1, 0.15) is 16.0 Å². The summed E-state index contributed by atoms with van der Waals surface area (Å²) < 4.78 is 11.6. The number of ether oxygens (including phenoxy) is 2. The lowest BCUT2D eigenvalue weighted by Crippen LogP contribution is -2.13. The summed E-state index contributed by atoms with van der Waals surface area (Å²) in [5.74, 6) is 2.33. The molecule has 4 heteroatoms. The normalized spacial score (nSPS) is 17.1. The fourth-order valence-electron chi connectivity index (χ4n) is 2.31. The van der Waals surface area contributed by atoms with Crippen LogP contribution in [0.15, 0.2) is 16.6 Å². The molecule has 1 saturated carbocycles. The Labute approximate surface area is 122 Å². The molecule has 1 atom stereocenters. The molecule has 1 aromatic carbocycles. The van der Waals surface area contributed by atoms with Crippen LogP contribution < -0.4 is 9.47 Å². The summed E-state index contributed by atoms with van der Waals surface area (Å²) in [6.45, 7) is 0. The molecule has 0 bridgehead atoms. The van der Waals surface area contributed by atoms with E-state index in [1.807, 2.05) is 12.1 Å². The highest BCUT2D eigenvalue weighted by Crippen LogP contribution is 2.45. The van der Waals surface area contributed by atoms with E-state index in [1.165, 1.54) is 19.3 Å². The summed E-state index contributed by atoms with van der Waals surface area (Å²) in [6.07, 6.45) is 4.99. The summed E-state index contributed by atoms with van der Waals surface area (Å²) in [4.78, 5) is 0. The van der Waals surface area contributed by atoms with Crippen molar-refractivity contribution in [2.45, 2.75) is 31.1 Å². The zero-order valence-electron chi connectivity index (χ0n) is 10.7. The quantitative estimate of drug-likeness (QED) is 0.711. The SMILES string of the molecule is COc1ccc(C(Cl)CC2CCC2)c(OC)c1Br. The van der Waals surface area contributed by atoms with Gasteiger partial charge in [0.2, 0.25) is 0 Å². The van der Waals surface area contributed by atoms with E-state index < -0.39 is 0 Å². The van der Waals surface area contributed by atoms with E-state index >= 15 is 0 Å². The Morgan fingerprint density at radius 1 is 1.33 bits per heavy atom. The van der Waals surface area contributed by atoms with Crippen LogP contribution in [0, 0.1) is 5.92 Å². The summed E-state index contributed by atoms with van der Waals surface area (Å²) in [5, 5.41) is 0.00690. The van der Waals surface area contributed by atoms with Crippen molar-refractivity contribution < 1.29 is 9.47 Å². The van der Waals surface area contributed by atoms with Gasteiger partial charge in [0.15, 0.2) is 0 Å². The maximum absolute atomic E-state index is 6.52. The number of methoxy groups -OCH3 is 2. The minimum absolute atomic E-state index is 0.00690. The number of rotatable bonds is 5. The summed E-state index contributed by atoms with van der Waals surface area (Å²) in [6, 6.07) is 3.93. The van der Waals surface area contributed by atoms with E-state index in [2.05, 4.69) is 15.9 Å². The van der Waals surface area contributed by atoms with Gasteiger partial charge < -0.3 is 9.47 Å². The lowest BCUT2D eigenvalue weighted by Gasteiger charge is -2.28. The average molecular weight is 334 g/mol. The molecule has 0 radical (unpaired) electrons. The smallest absolute Gasteiger partial charge is 0.141 e. The fourth-order valence-corrected chi connectivity index (χ4v) is 3.42. The minimum Gasteiger partial charge on any atom is -0.495 e. The molecule has 0 aliphatic heterocycles. The van der Waals surface area contributed by atoms with E-state index in [0.717, 1.165) is 33.9 Å². The monoisotopic (exact) mass is 332 g/mol. The van der Waals surface area contributed by atoms with Crippen LogP contribution in [0.3, 0.4) is 0 Å². The van der Waals surface area contributed by atoms with Gasteiger partial charge in [-0.2, -0.15) is 0 Å². The van der Waals surface area contributed by atoms with Crippen LogP contribution >= 0.6 is 27.5 Å². The minimum atomic E-state index is 0.00690. The predicted molar refractivity (Wildman–Crippen MR) is 77.8 cm³/mol. The van der Waals surface area contributed by atoms with Gasteiger partial charge in [0, 0.05) is 5.56 Å². The molecule has 1 fully saturated rings. The van der Waals surface area contributed by atoms with Gasteiger partial charge in [-0.1, -0.05) is 25.3 Å². The Balaban J connectivity index is 2.22. The molecule has 0 N–H and O–H groups in total. The lowest BCUT2D eigenvalue weighted by molar-refractivity contribution is 0.291. The van der Waals surface area contributed by atoms with Gasteiger partial charge in [0.25, 0.3) is 0 Å². The van der Waals surface area contributed by atoms with Crippen molar-refractivity contribution in [3.63, 3.8) is 0 Å². The third-order valence-corrected chi connectivity index (χ3v) is 4.78. The summed E-state index contributed by atoms with van der Waals surface area (Å²) >= 11 is 10.0. The Hall–Kier alpha value is -0.410. The molecule has 100 valence electrons. The highest BCUT2D eigenvalue weighted by molar-refractivity contribution is 9.10. The van der Waals surface area contributed by atoms with E-state index in [4.69, 9.17) is 21.1 Å². The van der Waals surface area contributed by atoms with Crippen molar-refractivity contribution in [3.8, 4) is 11.5 Å². The third-order valence-electron chi connectivity index (χ3n) is 3.62. The second-order valence-corrected chi connectivity index (χ2v) is 6.02. The standard InChI is InChI=1S/C14H18BrClO2/c1-17-12-7-6-10(14(18-2)13(12)15)11(16)8-9-4-3-5-9/h6-7,9,11H,3-5,8H2,1-2H3. The summed E-state index contributed by atoms with van der Waals surface area (Å²) in [5.41, 5.74) is 1.04. The molecule has 0 saturated heterocycles. The van der Waals surface area contributed by atoms with Crippen molar-refractivity contribution >= 4 is 27.5 Å². The zero-order chi connectivity index (χ0) is 13.1. The van der Waals surface area contributed by atoms with Crippen molar-refractivity contribution in [2.24, 2.45) is 5.92 Å². The van der Waals surface area contributed by atoms with E-state index in [9.17, 15) is 0 Å². The van der Waals surface area contributed by atoms with Gasteiger partial charge in [-0.05, 0) is 34.3 Å². The lowest BCUT2D eigenvalue weighted by atomic mass is 9.81. The predicted octanol–water partition coefficient (Wildman–Crippen LogP) is 4.94. The number of hydrogen-bond acceptors (Lipinski definition) is 2. The van der Waals surface area contributed by atoms with Crippen LogP contribution in [-0.4, -0.2) is 14.2 Å². The van der Waals surface area contributed by atoms with Gasteiger partial charge >= 0.3 is 0 Å². The zero-order valence-corrected chi connectivity index (χ0v) is 13.1. The number of alkyl halides is 1. The molecule has 1 unspecified atom stereocenters. The fraction of sp³-hybridized carbons (Fsp3) is 0.571. The first-order valence-electron chi connectivity index (χ1n) is 6.21. The summed E-state index contributed by atoms with van der Waals surface area (Å²) in [7, 11) is 3.31. The topological polar surface area (TPSA) is 18.5 Å². The second kappa shape index (κ2) is 6.16. The Morgan fingerprint density at radius 3 is 2.56 bits per heavy atom. The van der Waals surface area contributed by atoms with Crippen molar-refractivity contribution in [1.29, 1.82) is 0 Å². The number of halogens is 2. The van der Waals surface area contributed by atoms with Gasteiger partial charge in [0.05, 0.1) is 19.6 Å². The van der Waals surface area contributed by atoms with Crippen LogP contribution in [0.2, 0.25) is 0 Å². The van der Waals surface area contributed by atoms with E-state index in [0.29, 0.717) is 0 Å². The maximum Gasteiger partial charge on any atom is 0.141 e. The second-order valence-electron chi connectivity index (χ2n) is 4.70. The van der Waals surface area contributed by atoms with Crippen LogP contribution in [0.1, 0.15) is 36.6 Å². The molecule has 18 heavy (non-hydrogen) atoms. The van der Waals surface area contributed by atoms with Crippen molar-refractivity contribution in [3.05, 3.63) is 22.2 Å². The Bertz CT molecular complexity index is 419. The van der Waals surface area contributed by atoms with Crippen LogP contribution in [0.5, 0.6) is 11.5 Å². The maximum atomic E-state index is 6.52. The largest absolute Gasteiger partial charge is 0.495 e.